The van der Waals surface area contributed by atoms with Crippen LogP contribution in [0.2, 0.25) is 10.2 Å². The van der Waals surface area contributed by atoms with Gasteiger partial charge < -0.3 is 24.6 Å². The molecule has 0 amide bonds. The van der Waals surface area contributed by atoms with Crippen molar-refractivity contribution in [2.75, 3.05) is 33.9 Å². The number of rotatable bonds is 13. The number of aliphatic carboxylic acids is 1. The minimum Gasteiger partial charge on any atom is -0.481 e. The summed E-state index contributed by atoms with van der Waals surface area (Å²) in [7, 11) is 3.13. The lowest BCUT2D eigenvalue weighted by Crippen LogP contribution is -2.24. The molecular weight excluding hydrogens is 705 g/mol. The Morgan fingerprint density at radius 2 is 1.71 bits per heavy atom. The number of carbonyl (C=O) groups is 2. The number of pyridine rings is 1. The van der Waals surface area contributed by atoms with Gasteiger partial charge in [-0.15, -0.1) is 0 Å². The second kappa shape index (κ2) is 15.8. The smallest absolute Gasteiger partial charge is 0.307 e. The third-order valence-electron chi connectivity index (χ3n) is 10.3. The van der Waals surface area contributed by atoms with Crippen LogP contribution < -0.4 is 19.5 Å². The number of carbonyl (C=O) groups excluding carboxylic acids is 1. The first kappa shape index (κ1) is 36.1. The van der Waals surface area contributed by atoms with Crippen LogP contribution in [0.3, 0.4) is 0 Å². The lowest BCUT2D eigenvalue weighted by molar-refractivity contribution is -0.141. The molecule has 3 atom stereocenters. The van der Waals surface area contributed by atoms with E-state index in [1.54, 1.807) is 7.11 Å². The standard InChI is InChI=1S/C39H41Cl2N5O6/c1-50-36-23(19-42-18-22-9-11-25(47)17-22)10-13-31(44-36)30-8-4-7-29(34(30)40)26-5-3-6-28-27(26)12-14-33(28)52-38-35(41)43-32(37(45-38)51-2)21-46-16-15-24(20-46)39(48)49/h3-8,10,13,22,24,33,42H,9,11-12,14-21H2,1-2H3,(H,48,49)/t22-,24-,33+/m1/s1. The molecule has 52 heavy (non-hydrogen) atoms. The van der Waals surface area contributed by atoms with E-state index in [2.05, 4.69) is 27.4 Å². The van der Waals surface area contributed by atoms with E-state index in [4.69, 9.17) is 42.4 Å². The zero-order chi connectivity index (χ0) is 36.4. The Hall–Kier alpha value is -4.29. The number of likely N-dealkylation sites (tertiary alicyclic amines) is 1. The number of methoxy groups -OCH3 is 2. The van der Waals surface area contributed by atoms with Crippen molar-refractivity contribution >= 4 is 35.0 Å². The summed E-state index contributed by atoms with van der Waals surface area (Å²) in [6.07, 6.45) is 4.02. The highest BCUT2D eigenvalue weighted by atomic mass is 35.5. The van der Waals surface area contributed by atoms with Crippen LogP contribution in [-0.2, 0) is 29.1 Å². The lowest BCUT2D eigenvalue weighted by atomic mass is 9.94. The SMILES string of the molecule is COc1nc(-c2cccc(-c3cccc4c3CC[C@@H]4Oc3nc(OC)c(CN4CC[C@@H](C(=O)O)C4)nc3Cl)c2Cl)ccc1CNC[C@@H]1CCC(=O)C1. The maximum absolute atomic E-state index is 11.6. The van der Waals surface area contributed by atoms with Gasteiger partial charge in [-0.25, -0.2) is 9.97 Å². The Kier molecular flexibility index (Phi) is 10.9. The molecule has 2 aromatic carbocycles. The highest BCUT2D eigenvalue weighted by Crippen LogP contribution is 2.44. The maximum Gasteiger partial charge on any atom is 0.307 e. The number of fused-ring (bicyclic) bond motifs is 1. The molecule has 7 rings (SSSR count). The van der Waals surface area contributed by atoms with E-state index in [-0.39, 0.29) is 17.1 Å². The summed E-state index contributed by atoms with van der Waals surface area (Å²) in [5.41, 5.74) is 7.05. The van der Waals surface area contributed by atoms with Crippen LogP contribution in [-0.4, -0.2) is 70.6 Å². The summed E-state index contributed by atoms with van der Waals surface area (Å²) < 4.78 is 17.7. The van der Waals surface area contributed by atoms with Crippen LogP contribution in [0.4, 0.5) is 0 Å². The molecule has 0 unspecified atom stereocenters. The predicted molar refractivity (Wildman–Crippen MR) is 197 cm³/mol. The molecule has 1 aliphatic heterocycles. The molecule has 2 fully saturated rings. The number of hydrogen-bond acceptors (Lipinski definition) is 10. The average Bonchev–Trinajstić information content (AvgIpc) is 3.90. The summed E-state index contributed by atoms with van der Waals surface area (Å²) in [5, 5.41) is 13.6. The summed E-state index contributed by atoms with van der Waals surface area (Å²) in [5.74, 6) is 0.553. The normalized spacial score (nSPS) is 19.9. The maximum atomic E-state index is 11.6. The zero-order valence-electron chi connectivity index (χ0n) is 29.2. The fourth-order valence-electron chi connectivity index (χ4n) is 7.62. The number of nitrogens with one attached hydrogen (secondary N) is 1. The molecule has 272 valence electrons. The fourth-order valence-corrected chi connectivity index (χ4v) is 8.13. The van der Waals surface area contributed by atoms with Gasteiger partial charge in [0, 0.05) is 49.2 Å². The van der Waals surface area contributed by atoms with Gasteiger partial charge in [0.05, 0.1) is 30.9 Å². The molecule has 1 saturated heterocycles. The molecule has 11 nitrogen and oxygen atoms in total. The topological polar surface area (TPSA) is 136 Å². The Morgan fingerprint density at radius 1 is 0.923 bits per heavy atom. The molecule has 2 aliphatic carbocycles. The van der Waals surface area contributed by atoms with Gasteiger partial charge >= 0.3 is 5.97 Å². The first-order valence-corrected chi connectivity index (χ1v) is 18.4. The molecular formula is C39H41Cl2N5O6. The molecule has 2 N–H and O–H groups in total. The molecule has 0 radical (unpaired) electrons. The first-order chi connectivity index (χ1) is 25.2. The Morgan fingerprint density at radius 3 is 2.46 bits per heavy atom. The van der Waals surface area contributed by atoms with E-state index < -0.39 is 11.9 Å². The highest BCUT2D eigenvalue weighted by Gasteiger charge is 2.32. The van der Waals surface area contributed by atoms with Crippen LogP contribution in [0.5, 0.6) is 17.6 Å². The van der Waals surface area contributed by atoms with Crippen molar-refractivity contribution in [3.63, 3.8) is 0 Å². The Labute approximate surface area is 312 Å². The summed E-state index contributed by atoms with van der Waals surface area (Å²) in [6, 6.07) is 16.1. The molecule has 3 heterocycles. The van der Waals surface area contributed by atoms with Crippen molar-refractivity contribution in [1.82, 2.24) is 25.2 Å². The number of ether oxygens (including phenoxy) is 3. The van der Waals surface area contributed by atoms with E-state index in [1.165, 1.54) is 7.11 Å². The van der Waals surface area contributed by atoms with Crippen LogP contribution >= 0.6 is 23.2 Å². The minimum atomic E-state index is -0.792. The van der Waals surface area contributed by atoms with Crippen LogP contribution in [0.1, 0.15) is 60.6 Å². The van der Waals surface area contributed by atoms with E-state index in [1.807, 2.05) is 41.3 Å². The largest absolute Gasteiger partial charge is 0.481 e. The van der Waals surface area contributed by atoms with Crippen LogP contribution in [0.25, 0.3) is 22.4 Å². The fraction of sp³-hybridized carbons (Fsp3) is 0.410. The van der Waals surface area contributed by atoms with Gasteiger partial charge in [-0.05, 0) is 67.4 Å². The average molecular weight is 747 g/mol. The quantitative estimate of drug-likeness (QED) is 0.147. The number of hydrogen-bond donors (Lipinski definition) is 2. The summed E-state index contributed by atoms with van der Waals surface area (Å²) in [6.45, 7) is 2.84. The van der Waals surface area contributed by atoms with Crippen molar-refractivity contribution in [1.29, 1.82) is 0 Å². The third-order valence-corrected chi connectivity index (χ3v) is 11.0. The van der Waals surface area contributed by atoms with E-state index in [9.17, 15) is 14.7 Å². The van der Waals surface area contributed by atoms with Gasteiger partial charge in [0.2, 0.25) is 11.8 Å². The Balaban J connectivity index is 1.08. The number of aromatic nitrogens is 3. The zero-order valence-corrected chi connectivity index (χ0v) is 30.7. The molecule has 13 heteroatoms. The molecule has 2 aromatic heterocycles. The van der Waals surface area contributed by atoms with Gasteiger partial charge in [-0.2, -0.15) is 4.98 Å². The van der Waals surface area contributed by atoms with Gasteiger partial charge in [0.15, 0.2) is 5.15 Å². The molecule has 0 spiro atoms. The van der Waals surface area contributed by atoms with Crippen molar-refractivity contribution in [2.24, 2.45) is 11.8 Å². The molecule has 1 saturated carbocycles. The molecule has 4 aromatic rings. The number of carboxylic acids is 1. The summed E-state index contributed by atoms with van der Waals surface area (Å²) >= 11 is 13.8. The van der Waals surface area contributed by atoms with Gasteiger partial charge in [-0.3, -0.25) is 14.5 Å². The van der Waals surface area contributed by atoms with Gasteiger partial charge in [0.1, 0.15) is 17.6 Å². The number of Topliss-reactive ketones (excluding diaryl/α,β-unsaturated/α-hetero) is 1. The van der Waals surface area contributed by atoms with E-state index >= 15 is 0 Å². The second-order valence-corrected chi connectivity index (χ2v) is 14.4. The second-order valence-electron chi connectivity index (χ2n) is 13.7. The molecule has 0 bridgehead atoms. The lowest BCUT2D eigenvalue weighted by Gasteiger charge is -2.19. The van der Waals surface area contributed by atoms with Crippen LogP contribution in [0, 0.1) is 11.8 Å². The summed E-state index contributed by atoms with van der Waals surface area (Å²) in [4.78, 5) is 39.1. The number of ketones is 1. The first-order valence-electron chi connectivity index (χ1n) is 17.6. The van der Waals surface area contributed by atoms with E-state index in [0.29, 0.717) is 91.7 Å². The number of carboxylic acid groups (broad SMARTS) is 1. The van der Waals surface area contributed by atoms with Gasteiger partial charge in [0.25, 0.3) is 5.88 Å². The number of nitrogens with zero attached hydrogens (tertiary/aromatic N) is 4. The Bertz CT molecular complexity index is 1990. The predicted octanol–water partition coefficient (Wildman–Crippen LogP) is 6.96. The van der Waals surface area contributed by atoms with Crippen molar-refractivity contribution in [2.45, 2.75) is 57.7 Å². The molecule has 3 aliphatic rings. The number of halogens is 2. The van der Waals surface area contributed by atoms with Crippen LogP contribution in [0.15, 0.2) is 48.5 Å². The van der Waals surface area contributed by atoms with Crippen molar-refractivity contribution < 1.29 is 28.9 Å². The third kappa shape index (κ3) is 7.59. The highest BCUT2D eigenvalue weighted by molar-refractivity contribution is 6.36. The number of benzene rings is 2. The van der Waals surface area contributed by atoms with Gasteiger partial charge in [-0.1, -0.05) is 65.7 Å². The van der Waals surface area contributed by atoms with Crippen molar-refractivity contribution in [3.05, 3.63) is 81.1 Å². The van der Waals surface area contributed by atoms with Crippen molar-refractivity contribution in [3.8, 4) is 40.0 Å². The van der Waals surface area contributed by atoms with E-state index in [0.717, 1.165) is 52.8 Å². The monoisotopic (exact) mass is 745 g/mol. The minimum absolute atomic E-state index is 0.125.